The number of likely N-dealkylation sites (N-methyl/N-ethyl adjacent to an activating group) is 1. The second-order valence-electron chi connectivity index (χ2n) is 30.1. The van der Waals surface area contributed by atoms with Gasteiger partial charge in [0.2, 0.25) is 70.9 Å². The average Bonchev–Trinajstić information content (AvgIpc) is 1.70. The van der Waals surface area contributed by atoms with Gasteiger partial charge in [0.05, 0.1) is 43.2 Å². The highest BCUT2D eigenvalue weighted by Gasteiger charge is 2.39. The van der Waals surface area contributed by atoms with Crippen molar-refractivity contribution >= 4 is 105 Å². The van der Waals surface area contributed by atoms with Gasteiger partial charge in [-0.2, -0.15) is 0 Å². The van der Waals surface area contributed by atoms with Crippen molar-refractivity contribution in [1.29, 1.82) is 0 Å². The number of aryl methyl sites for hydroxylation is 2. The smallest absolute Gasteiger partial charge is 0.305 e. The Morgan fingerprint density at radius 1 is 0.609 bits per heavy atom. The molecule has 4 aromatic heterocycles. The molecule has 2 bridgehead atoms. The number of nitrogens with zero attached hydrogens (tertiary/aromatic N) is 4. The molecule has 22 N–H and O–H groups in total. The van der Waals surface area contributed by atoms with Crippen LogP contribution in [0.5, 0.6) is 0 Å². The molecule has 1 unspecified atom stereocenters. The number of nitrogens with one attached hydrogen (secondary N) is 16. The first-order valence-electron chi connectivity index (χ1n) is 38.4. The van der Waals surface area contributed by atoms with Crippen LogP contribution in [0.2, 0.25) is 0 Å². The molecular formula is C76H109N21O18. The maximum atomic E-state index is 15.0. The third kappa shape index (κ3) is 27.8. The van der Waals surface area contributed by atoms with Gasteiger partial charge in [0, 0.05) is 84.5 Å². The van der Waals surface area contributed by atoms with Gasteiger partial charge in [-0.1, -0.05) is 83.2 Å². The summed E-state index contributed by atoms with van der Waals surface area (Å²) < 4.78 is 1.46. The summed E-state index contributed by atoms with van der Waals surface area (Å²) in [5.74, 6) is -15.2. The quantitative estimate of drug-likeness (QED) is 0.0281. The number of primary amides is 1. The summed E-state index contributed by atoms with van der Waals surface area (Å²) in [6.07, 6.45) is 1.89. The number of nitrogens with two attached hydrogens (primary N) is 1. The topological polar surface area (TPSA) is 593 Å². The monoisotopic (exact) mass is 1600 g/mol. The minimum atomic E-state index is -1.68. The highest BCUT2D eigenvalue weighted by molar-refractivity contribution is 6.00. The number of hydrogen-bond acceptors (Lipinski definition) is 21. The molecule has 5 heterocycles. The number of carbonyl (C=O) groups is 14. The number of carboxylic acid groups (broad SMARTS) is 2. The van der Waals surface area contributed by atoms with E-state index in [1.807, 2.05) is 0 Å². The van der Waals surface area contributed by atoms with Crippen LogP contribution in [0.15, 0.2) is 79.6 Å². The Balaban J connectivity index is 1.26. The van der Waals surface area contributed by atoms with E-state index < -0.39 is 199 Å². The number of carbonyl (C=O) groups excluding carboxylic acids is 12. The number of aliphatic carboxylic acids is 2. The summed E-state index contributed by atoms with van der Waals surface area (Å²) in [5.41, 5.74) is 8.71. The fourth-order valence-corrected chi connectivity index (χ4v) is 13.2. The maximum Gasteiger partial charge on any atom is 0.305 e. The number of aliphatic hydroxyl groups is 2. The molecule has 115 heavy (non-hydrogen) atoms. The van der Waals surface area contributed by atoms with Crippen molar-refractivity contribution in [3.05, 3.63) is 102 Å². The van der Waals surface area contributed by atoms with Crippen molar-refractivity contribution in [3.8, 4) is 0 Å². The zero-order valence-corrected chi connectivity index (χ0v) is 65.8. The van der Waals surface area contributed by atoms with Gasteiger partial charge in [0.25, 0.3) is 0 Å². The molecule has 14 atom stereocenters. The van der Waals surface area contributed by atoms with E-state index in [0.717, 1.165) is 0 Å². The van der Waals surface area contributed by atoms with Crippen molar-refractivity contribution in [1.82, 2.24) is 104 Å². The van der Waals surface area contributed by atoms with E-state index in [1.165, 1.54) is 38.1 Å². The van der Waals surface area contributed by atoms with Crippen molar-refractivity contribution < 1.29 is 87.5 Å². The van der Waals surface area contributed by atoms with E-state index in [4.69, 9.17) is 5.73 Å². The van der Waals surface area contributed by atoms with E-state index in [0.29, 0.717) is 44.3 Å². The Morgan fingerprint density at radius 2 is 1.16 bits per heavy atom. The lowest BCUT2D eigenvalue weighted by Crippen LogP contribution is -2.61. The number of carboxylic acids is 2. The molecule has 1 aliphatic rings. The van der Waals surface area contributed by atoms with Crippen LogP contribution in [-0.2, 0) is 99.4 Å². The minimum Gasteiger partial charge on any atom is -0.481 e. The third-order valence-corrected chi connectivity index (χ3v) is 19.4. The van der Waals surface area contributed by atoms with Gasteiger partial charge in [0.15, 0.2) is 0 Å². The molecule has 7 rings (SSSR count). The molecule has 6 aromatic rings. The van der Waals surface area contributed by atoms with Gasteiger partial charge < -0.3 is 105 Å². The van der Waals surface area contributed by atoms with Crippen LogP contribution in [0.3, 0.4) is 0 Å². The summed E-state index contributed by atoms with van der Waals surface area (Å²) >= 11 is 0. The maximum absolute atomic E-state index is 15.0. The van der Waals surface area contributed by atoms with Crippen LogP contribution >= 0.6 is 0 Å². The lowest BCUT2D eigenvalue weighted by molar-refractivity contribution is -0.139. The van der Waals surface area contributed by atoms with Crippen molar-refractivity contribution in [2.45, 2.75) is 230 Å². The Bertz CT molecular complexity index is 4350. The van der Waals surface area contributed by atoms with Crippen molar-refractivity contribution in [3.63, 3.8) is 0 Å². The predicted molar refractivity (Wildman–Crippen MR) is 416 cm³/mol. The number of hydrogen-bond donors (Lipinski definition) is 21. The van der Waals surface area contributed by atoms with Gasteiger partial charge in [-0.25, -0.2) is 4.98 Å². The Labute approximate surface area is 663 Å². The van der Waals surface area contributed by atoms with E-state index >= 15 is 4.79 Å². The molecule has 0 fully saturated rings. The molecule has 12 amide bonds. The zero-order valence-electron chi connectivity index (χ0n) is 65.8. The van der Waals surface area contributed by atoms with E-state index in [9.17, 15) is 82.8 Å². The zero-order chi connectivity index (χ0) is 84.3. The first kappa shape index (κ1) is 90.5. The van der Waals surface area contributed by atoms with E-state index in [1.54, 1.807) is 109 Å². The Hall–Kier alpha value is -11.7. The standard InChI is InChI=1S/C76H109N21O18/c1-38(2)26-55-67(106)82-35-60(99)85-52(23-24-61(100)101)69(108)90-56(27-39(3)4)75(114)93-63(40(5)6)76(115)92-58(29-44-33-81-50-19-13-11-17-48(44)50)72(111)86-51(70(109)94-64(42(8)98)65(77)104)20-14-15-25-97-36-45(95-96-97)21-22-53(87-71(110)54(78-9)31-62(102)103)68(107)84-41(7)66(105)88-57(28-43-32-80-49-18-12-10-16-47(43)49)73(112)91-59(74(113)89-55)30-46-34-79-37-83-46/h10-13,16-19,32-34,36-42,51-59,63-64,71,78,80-81,87,98,110H,14-15,20-31,35H2,1-9H3,(H2,77,104)(H,79,83)(H,82,106)(H,84,107)(H,85,99)(H,86,111)(H,88,105)(H,89,113)(H,90,108)(H,91,112)(H,92,115)(H,93,114)(H,94,109)(H,100,101)(H,102,103)/t41-,42+,51-,52-,53-,54-,55-,56-,57-,58-,59-,63-,64-,71?/m0/s1. The summed E-state index contributed by atoms with van der Waals surface area (Å²) in [5, 5.41) is 85.7. The van der Waals surface area contributed by atoms with Crippen LogP contribution < -0.4 is 74.9 Å². The molecule has 1 aliphatic heterocycles. The second kappa shape index (κ2) is 43.5. The van der Waals surface area contributed by atoms with E-state index in [-0.39, 0.29) is 82.6 Å². The summed E-state index contributed by atoms with van der Waals surface area (Å²) in [6.45, 7) is 12.0. The number of aromatic amines is 3. The summed E-state index contributed by atoms with van der Waals surface area (Å²) in [7, 11) is 1.40. The largest absolute Gasteiger partial charge is 0.481 e. The minimum absolute atomic E-state index is 0.0182. The molecule has 39 heteroatoms. The number of H-pyrrole nitrogens is 3. The Kier molecular flexibility index (Phi) is 34.2. The van der Waals surface area contributed by atoms with E-state index in [2.05, 4.69) is 99.4 Å². The number of para-hydroxylation sites is 2. The van der Waals surface area contributed by atoms with Crippen LogP contribution in [0.1, 0.15) is 136 Å². The first-order chi connectivity index (χ1) is 54.6. The number of aliphatic hydroxyl groups excluding tert-OH is 2. The third-order valence-electron chi connectivity index (χ3n) is 19.4. The molecule has 2 aromatic carbocycles. The van der Waals surface area contributed by atoms with Gasteiger partial charge in [-0.05, 0) is 113 Å². The lowest BCUT2D eigenvalue weighted by atomic mass is 9.98. The molecular weight excluding hydrogens is 1490 g/mol. The normalized spacial score (nSPS) is 23.0. The molecule has 0 spiro atoms. The molecule has 0 saturated heterocycles. The van der Waals surface area contributed by atoms with Gasteiger partial charge in [-0.15, -0.1) is 5.10 Å². The van der Waals surface area contributed by atoms with Crippen molar-refractivity contribution in [2.24, 2.45) is 23.5 Å². The highest BCUT2D eigenvalue weighted by Crippen LogP contribution is 2.23. The number of aromatic nitrogens is 7. The van der Waals surface area contributed by atoms with Crippen LogP contribution in [0, 0.1) is 17.8 Å². The van der Waals surface area contributed by atoms with Crippen molar-refractivity contribution in [2.75, 3.05) is 13.6 Å². The molecule has 0 radical (unpaired) electrons. The lowest BCUT2D eigenvalue weighted by Gasteiger charge is -2.29. The van der Waals surface area contributed by atoms with Crippen LogP contribution in [-0.4, -0.2) is 237 Å². The summed E-state index contributed by atoms with van der Waals surface area (Å²) in [4.78, 5) is 210. The van der Waals surface area contributed by atoms with Gasteiger partial charge in [0.1, 0.15) is 66.6 Å². The molecule has 626 valence electrons. The van der Waals surface area contributed by atoms with Crippen LogP contribution in [0.4, 0.5) is 0 Å². The molecule has 0 aliphatic carbocycles. The average molecular weight is 1600 g/mol. The first-order valence-corrected chi connectivity index (χ1v) is 38.4. The van der Waals surface area contributed by atoms with Crippen LogP contribution in [0.25, 0.3) is 21.8 Å². The molecule has 39 nitrogen and oxygen atoms in total. The Morgan fingerprint density at radius 3 is 1.70 bits per heavy atom. The van der Waals surface area contributed by atoms with Gasteiger partial charge in [-0.3, -0.25) is 77.1 Å². The predicted octanol–water partition coefficient (Wildman–Crippen LogP) is -2.39. The number of fused-ring (bicyclic) bond motifs is 4. The second-order valence-corrected chi connectivity index (χ2v) is 30.1. The molecule has 0 saturated carbocycles. The number of benzene rings is 2. The number of rotatable bonds is 24. The van der Waals surface area contributed by atoms with Gasteiger partial charge >= 0.3 is 11.9 Å². The number of amides is 12. The highest BCUT2D eigenvalue weighted by atomic mass is 16.4. The fraction of sp³-hybridized carbons (Fsp3) is 0.539. The number of imidazole rings is 1. The fourth-order valence-electron chi connectivity index (χ4n) is 13.2. The summed E-state index contributed by atoms with van der Waals surface area (Å²) in [6, 6.07) is -3.35. The SMILES string of the molecule is CN[C@@H](CC(=O)O)C(O)N[C@H]1CCc2cn(nn2)CCCC[C@@H](C(=O)N[C@H](C(N)=O)[C@@H](C)O)NC(=O)[C@H](Cc2c[nH]c3ccccc23)NC(=O)[C@H](C(C)C)NC(=O)[C@H](CC(C)C)NC(=O)[C@H](CCC(=O)O)NC(=O)CNC(=O)[C@H](CC(C)C)NC(=O)[C@H](Cc2cnc[nH]2)NC(=O)[C@H](Cc2c[nH]c3ccccc23)NC(=O)[C@H](C)NC1=O.